The molecular formula is C9H13NO2. The van der Waals surface area contributed by atoms with Gasteiger partial charge in [0, 0.05) is 11.8 Å². The monoisotopic (exact) mass is 167 g/mol. The smallest absolute Gasteiger partial charge is 0.218 e. The number of hydrogen-bond acceptors (Lipinski definition) is 3. The second-order valence-corrected chi connectivity index (χ2v) is 2.79. The van der Waals surface area contributed by atoms with Gasteiger partial charge in [0.2, 0.25) is 5.88 Å². The Kier molecular flexibility index (Phi) is 2.65. The first-order chi connectivity index (χ1) is 5.65. The van der Waals surface area contributed by atoms with Crippen LogP contribution in [0.2, 0.25) is 0 Å². The van der Waals surface area contributed by atoms with Crippen molar-refractivity contribution in [3.8, 4) is 5.88 Å². The van der Waals surface area contributed by atoms with Crippen molar-refractivity contribution in [1.29, 1.82) is 0 Å². The minimum Gasteiger partial charge on any atom is -0.481 e. The number of hydrogen-bond donors (Lipinski definition) is 1. The van der Waals surface area contributed by atoms with Crippen molar-refractivity contribution >= 4 is 0 Å². The van der Waals surface area contributed by atoms with Crippen molar-refractivity contribution in [3.63, 3.8) is 0 Å². The van der Waals surface area contributed by atoms with E-state index in [0.29, 0.717) is 5.88 Å². The number of aliphatic hydroxyl groups is 1. The Morgan fingerprint density at radius 1 is 1.58 bits per heavy atom. The zero-order chi connectivity index (χ0) is 9.14. The third-order valence-corrected chi connectivity index (χ3v) is 1.66. The fourth-order valence-corrected chi connectivity index (χ4v) is 1.05. The molecule has 0 spiro atoms. The molecule has 1 atom stereocenters. The van der Waals surface area contributed by atoms with Gasteiger partial charge in [-0.25, -0.2) is 4.98 Å². The molecule has 0 aliphatic heterocycles. The van der Waals surface area contributed by atoms with Crippen LogP contribution >= 0.6 is 0 Å². The Balaban J connectivity index is 3.12. The summed E-state index contributed by atoms with van der Waals surface area (Å²) in [6, 6.07) is 1.87. The molecule has 0 amide bonds. The van der Waals surface area contributed by atoms with E-state index in [1.54, 1.807) is 20.2 Å². The Labute approximate surface area is 72.0 Å². The molecule has 3 nitrogen and oxygen atoms in total. The van der Waals surface area contributed by atoms with Gasteiger partial charge in [-0.05, 0) is 25.5 Å². The van der Waals surface area contributed by atoms with E-state index in [0.717, 1.165) is 11.1 Å². The van der Waals surface area contributed by atoms with Crippen molar-refractivity contribution in [1.82, 2.24) is 4.98 Å². The van der Waals surface area contributed by atoms with E-state index >= 15 is 0 Å². The maximum atomic E-state index is 9.34. The first kappa shape index (κ1) is 9.00. The van der Waals surface area contributed by atoms with Crippen molar-refractivity contribution in [2.24, 2.45) is 0 Å². The summed E-state index contributed by atoms with van der Waals surface area (Å²) in [6.45, 7) is 3.62. The van der Waals surface area contributed by atoms with Gasteiger partial charge in [0.05, 0.1) is 13.2 Å². The highest BCUT2D eigenvalue weighted by atomic mass is 16.5. The molecule has 0 saturated heterocycles. The van der Waals surface area contributed by atoms with Crippen molar-refractivity contribution in [2.75, 3.05) is 7.11 Å². The normalized spacial score (nSPS) is 12.7. The lowest BCUT2D eigenvalue weighted by Gasteiger charge is -2.09. The summed E-state index contributed by atoms with van der Waals surface area (Å²) in [4.78, 5) is 4.04. The zero-order valence-corrected chi connectivity index (χ0v) is 7.53. The van der Waals surface area contributed by atoms with Crippen LogP contribution in [0.15, 0.2) is 12.3 Å². The van der Waals surface area contributed by atoms with E-state index in [-0.39, 0.29) is 0 Å². The van der Waals surface area contributed by atoms with E-state index < -0.39 is 6.10 Å². The molecule has 1 aromatic heterocycles. The molecular weight excluding hydrogens is 154 g/mol. The van der Waals surface area contributed by atoms with Crippen LogP contribution in [0.3, 0.4) is 0 Å². The molecule has 3 heteroatoms. The molecule has 0 aromatic carbocycles. The lowest BCUT2D eigenvalue weighted by Crippen LogP contribution is -1.99. The average molecular weight is 167 g/mol. The summed E-state index contributed by atoms with van der Waals surface area (Å²) in [5.41, 5.74) is 1.75. The standard InChI is InChI=1S/C9H13NO2/c1-6-4-8(7(2)11)9(12-3)10-5-6/h4-5,7,11H,1-3H3. The molecule has 0 saturated carbocycles. The number of nitrogens with zero attached hydrogens (tertiary/aromatic N) is 1. The van der Waals surface area contributed by atoms with Gasteiger partial charge in [0.1, 0.15) is 0 Å². The maximum absolute atomic E-state index is 9.34. The van der Waals surface area contributed by atoms with Gasteiger partial charge < -0.3 is 9.84 Å². The second-order valence-electron chi connectivity index (χ2n) is 2.79. The molecule has 1 N–H and O–H groups in total. The molecule has 0 radical (unpaired) electrons. The third kappa shape index (κ3) is 1.74. The summed E-state index contributed by atoms with van der Waals surface area (Å²) in [5.74, 6) is 0.496. The van der Waals surface area contributed by atoms with Crippen molar-refractivity contribution < 1.29 is 9.84 Å². The molecule has 1 rings (SSSR count). The quantitative estimate of drug-likeness (QED) is 0.725. The van der Waals surface area contributed by atoms with Gasteiger partial charge in [-0.2, -0.15) is 0 Å². The number of aromatic nitrogens is 1. The molecule has 12 heavy (non-hydrogen) atoms. The Hall–Kier alpha value is -1.09. The summed E-state index contributed by atoms with van der Waals surface area (Å²) in [5, 5.41) is 9.34. The number of methoxy groups -OCH3 is 1. The molecule has 0 fully saturated rings. The van der Waals surface area contributed by atoms with Crippen LogP contribution in [0.25, 0.3) is 0 Å². The van der Waals surface area contributed by atoms with E-state index in [2.05, 4.69) is 4.98 Å². The molecule has 1 unspecified atom stereocenters. The average Bonchev–Trinajstić information content (AvgIpc) is 2.04. The second kappa shape index (κ2) is 3.54. The molecule has 66 valence electrons. The van der Waals surface area contributed by atoms with Crippen LogP contribution in [-0.2, 0) is 0 Å². The SMILES string of the molecule is COc1ncc(C)cc1C(C)O. The predicted octanol–water partition coefficient (Wildman–Crippen LogP) is 1.45. The van der Waals surface area contributed by atoms with E-state index in [9.17, 15) is 5.11 Å². The van der Waals surface area contributed by atoms with Gasteiger partial charge in [-0.3, -0.25) is 0 Å². The summed E-state index contributed by atoms with van der Waals surface area (Å²) < 4.78 is 4.99. The van der Waals surface area contributed by atoms with Gasteiger partial charge in [0.25, 0.3) is 0 Å². The Morgan fingerprint density at radius 3 is 2.75 bits per heavy atom. The third-order valence-electron chi connectivity index (χ3n) is 1.66. The largest absolute Gasteiger partial charge is 0.481 e. The number of pyridine rings is 1. The van der Waals surface area contributed by atoms with Crippen LogP contribution < -0.4 is 4.74 Å². The van der Waals surface area contributed by atoms with Crippen LogP contribution in [0.1, 0.15) is 24.2 Å². The Morgan fingerprint density at radius 2 is 2.25 bits per heavy atom. The Bertz CT molecular complexity index is 271. The number of aryl methyl sites for hydroxylation is 1. The lowest BCUT2D eigenvalue weighted by atomic mass is 10.1. The minimum atomic E-state index is -0.535. The molecule has 0 aliphatic carbocycles. The number of ether oxygens (including phenoxy) is 1. The van der Waals surface area contributed by atoms with Gasteiger partial charge in [-0.1, -0.05) is 0 Å². The number of rotatable bonds is 2. The van der Waals surface area contributed by atoms with Crippen LogP contribution in [-0.4, -0.2) is 17.2 Å². The van der Waals surface area contributed by atoms with Gasteiger partial charge in [-0.15, -0.1) is 0 Å². The highest BCUT2D eigenvalue weighted by Gasteiger charge is 2.09. The first-order valence-corrected chi connectivity index (χ1v) is 3.83. The van der Waals surface area contributed by atoms with Gasteiger partial charge >= 0.3 is 0 Å². The van der Waals surface area contributed by atoms with E-state index in [1.807, 2.05) is 13.0 Å². The van der Waals surface area contributed by atoms with E-state index in [4.69, 9.17) is 4.74 Å². The van der Waals surface area contributed by atoms with Crippen molar-refractivity contribution in [3.05, 3.63) is 23.4 Å². The lowest BCUT2D eigenvalue weighted by molar-refractivity contribution is 0.193. The zero-order valence-electron chi connectivity index (χ0n) is 7.53. The molecule has 1 aromatic rings. The summed E-state index contributed by atoms with van der Waals surface area (Å²) in [7, 11) is 1.55. The van der Waals surface area contributed by atoms with Crippen LogP contribution in [0.4, 0.5) is 0 Å². The van der Waals surface area contributed by atoms with Gasteiger partial charge in [0.15, 0.2) is 0 Å². The fourth-order valence-electron chi connectivity index (χ4n) is 1.05. The fraction of sp³-hybridized carbons (Fsp3) is 0.444. The van der Waals surface area contributed by atoms with Crippen LogP contribution in [0.5, 0.6) is 5.88 Å². The summed E-state index contributed by atoms with van der Waals surface area (Å²) in [6.07, 6.45) is 1.18. The maximum Gasteiger partial charge on any atom is 0.218 e. The van der Waals surface area contributed by atoms with Crippen LogP contribution in [0, 0.1) is 6.92 Å². The highest BCUT2D eigenvalue weighted by molar-refractivity contribution is 5.30. The van der Waals surface area contributed by atoms with E-state index in [1.165, 1.54) is 0 Å². The highest BCUT2D eigenvalue weighted by Crippen LogP contribution is 2.22. The molecule has 0 bridgehead atoms. The predicted molar refractivity (Wildman–Crippen MR) is 46.2 cm³/mol. The molecule has 1 heterocycles. The number of aliphatic hydroxyl groups excluding tert-OH is 1. The topological polar surface area (TPSA) is 42.4 Å². The van der Waals surface area contributed by atoms with Crippen molar-refractivity contribution in [2.45, 2.75) is 20.0 Å². The summed E-state index contributed by atoms with van der Waals surface area (Å²) >= 11 is 0. The molecule has 0 aliphatic rings. The first-order valence-electron chi connectivity index (χ1n) is 3.83. The minimum absolute atomic E-state index is 0.496.